The molecule has 1 N–H and O–H groups in total. The highest BCUT2D eigenvalue weighted by atomic mass is 16.5. The van der Waals surface area contributed by atoms with Crippen LogP contribution in [0.4, 0.5) is 0 Å². The van der Waals surface area contributed by atoms with E-state index < -0.39 is 0 Å². The number of benzene rings is 1. The summed E-state index contributed by atoms with van der Waals surface area (Å²) >= 11 is 0. The Balaban J connectivity index is 2.20. The van der Waals surface area contributed by atoms with Crippen molar-refractivity contribution < 1.29 is 9.47 Å². The Labute approximate surface area is 116 Å². The fourth-order valence-corrected chi connectivity index (χ4v) is 2.73. The Morgan fingerprint density at radius 3 is 2.89 bits per heavy atom. The summed E-state index contributed by atoms with van der Waals surface area (Å²) in [5.74, 6) is 0.919. The zero-order chi connectivity index (χ0) is 13.7. The lowest BCUT2D eigenvalue weighted by Crippen LogP contribution is -2.32. The van der Waals surface area contributed by atoms with Crippen molar-refractivity contribution in [1.29, 1.82) is 0 Å². The molecule has 1 saturated heterocycles. The fraction of sp³-hybridized carbons (Fsp3) is 0.625. The van der Waals surface area contributed by atoms with E-state index in [-0.39, 0.29) is 0 Å². The molecule has 1 aliphatic rings. The standard InChI is InChI=1S/C16H25NO2/c1-4-9-17-16(15-6-5-10-19-15)14-8-7-13(18-3)11-12(14)2/h7-8,11,15-17H,4-6,9-10H2,1-3H3. The van der Waals surface area contributed by atoms with Gasteiger partial charge in [0.25, 0.3) is 0 Å². The van der Waals surface area contributed by atoms with Gasteiger partial charge in [0.15, 0.2) is 0 Å². The van der Waals surface area contributed by atoms with Gasteiger partial charge < -0.3 is 14.8 Å². The minimum atomic E-state index is 0.299. The molecule has 0 radical (unpaired) electrons. The highest BCUT2D eigenvalue weighted by molar-refractivity contribution is 5.37. The molecular weight excluding hydrogens is 238 g/mol. The average Bonchev–Trinajstić information content (AvgIpc) is 2.94. The minimum Gasteiger partial charge on any atom is -0.497 e. The first-order valence-corrected chi connectivity index (χ1v) is 7.25. The van der Waals surface area contributed by atoms with Crippen LogP contribution in [-0.2, 0) is 4.74 Å². The molecule has 1 heterocycles. The van der Waals surface area contributed by atoms with Crippen LogP contribution in [0.3, 0.4) is 0 Å². The molecule has 0 aromatic heterocycles. The van der Waals surface area contributed by atoms with Crippen LogP contribution in [-0.4, -0.2) is 26.4 Å². The smallest absolute Gasteiger partial charge is 0.119 e. The number of ether oxygens (including phenoxy) is 2. The van der Waals surface area contributed by atoms with E-state index in [0.29, 0.717) is 12.1 Å². The first-order chi connectivity index (χ1) is 9.26. The number of nitrogens with one attached hydrogen (secondary N) is 1. The summed E-state index contributed by atoms with van der Waals surface area (Å²) in [5.41, 5.74) is 2.60. The molecule has 0 saturated carbocycles. The van der Waals surface area contributed by atoms with Gasteiger partial charge in [-0.2, -0.15) is 0 Å². The third-order valence-electron chi connectivity index (χ3n) is 3.76. The lowest BCUT2D eigenvalue weighted by molar-refractivity contribution is 0.0781. The van der Waals surface area contributed by atoms with Crippen LogP contribution in [0.1, 0.15) is 43.4 Å². The van der Waals surface area contributed by atoms with Gasteiger partial charge in [-0.1, -0.05) is 13.0 Å². The second-order valence-electron chi connectivity index (χ2n) is 5.21. The third-order valence-corrected chi connectivity index (χ3v) is 3.76. The summed E-state index contributed by atoms with van der Waals surface area (Å²) in [5, 5.41) is 3.64. The summed E-state index contributed by atoms with van der Waals surface area (Å²) in [6, 6.07) is 6.61. The van der Waals surface area contributed by atoms with Gasteiger partial charge in [-0.05, 0) is 56.0 Å². The quantitative estimate of drug-likeness (QED) is 0.855. The normalized spacial score (nSPS) is 20.5. The number of rotatable bonds is 6. The van der Waals surface area contributed by atoms with Gasteiger partial charge in [-0.15, -0.1) is 0 Å². The monoisotopic (exact) mass is 263 g/mol. The second-order valence-corrected chi connectivity index (χ2v) is 5.21. The van der Waals surface area contributed by atoms with Crippen LogP contribution in [0, 0.1) is 6.92 Å². The lowest BCUT2D eigenvalue weighted by Gasteiger charge is -2.26. The van der Waals surface area contributed by atoms with E-state index >= 15 is 0 Å². The van der Waals surface area contributed by atoms with E-state index in [1.165, 1.54) is 17.5 Å². The van der Waals surface area contributed by atoms with Gasteiger partial charge in [-0.3, -0.25) is 0 Å². The van der Waals surface area contributed by atoms with Crippen LogP contribution in [0.15, 0.2) is 18.2 Å². The Bertz CT molecular complexity index is 400. The third kappa shape index (κ3) is 3.48. The zero-order valence-electron chi connectivity index (χ0n) is 12.2. The molecule has 1 aliphatic heterocycles. The Morgan fingerprint density at radius 2 is 2.32 bits per heavy atom. The van der Waals surface area contributed by atoms with Crippen LogP contribution in [0.5, 0.6) is 5.75 Å². The SMILES string of the molecule is CCCNC(c1ccc(OC)cc1C)C1CCCO1. The fourth-order valence-electron chi connectivity index (χ4n) is 2.73. The predicted molar refractivity (Wildman–Crippen MR) is 77.7 cm³/mol. The first-order valence-electron chi connectivity index (χ1n) is 7.25. The van der Waals surface area contributed by atoms with Crippen molar-refractivity contribution in [3.8, 4) is 5.75 Å². The van der Waals surface area contributed by atoms with Crippen molar-refractivity contribution >= 4 is 0 Å². The van der Waals surface area contributed by atoms with Crippen LogP contribution < -0.4 is 10.1 Å². The second kappa shape index (κ2) is 6.92. The van der Waals surface area contributed by atoms with Gasteiger partial charge in [-0.25, -0.2) is 0 Å². The van der Waals surface area contributed by atoms with Gasteiger partial charge in [0, 0.05) is 6.61 Å². The van der Waals surface area contributed by atoms with Crippen molar-refractivity contribution in [3.63, 3.8) is 0 Å². The zero-order valence-corrected chi connectivity index (χ0v) is 12.2. The van der Waals surface area contributed by atoms with Crippen molar-refractivity contribution in [2.75, 3.05) is 20.3 Å². The van der Waals surface area contributed by atoms with Crippen molar-refractivity contribution in [2.45, 2.75) is 45.3 Å². The van der Waals surface area contributed by atoms with Gasteiger partial charge in [0.05, 0.1) is 19.3 Å². The molecule has 0 spiro atoms. The van der Waals surface area contributed by atoms with Crippen LogP contribution in [0.25, 0.3) is 0 Å². The van der Waals surface area contributed by atoms with Crippen molar-refractivity contribution in [3.05, 3.63) is 29.3 Å². The average molecular weight is 263 g/mol. The van der Waals surface area contributed by atoms with Crippen molar-refractivity contribution in [1.82, 2.24) is 5.32 Å². The van der Waals surface area contributed by atoms with E-state index in [4.69, 9.17) is 9.47 Å². The van der Waals surface area contributed by atoms with E-state index in [2.05, 4.69) is 31.3 Å². The Hall–Kier alpha value is -1.06. The molecule has 0 amide bonds. The molecule has 106 valence electrons. The first kappa shape index (κ1) is 14.4. The molecule has 3 nitrogen and oxygen atoms in total. The Kier molecular flexibility index (Phi) is 5.23. The molecule has 19 heavy (non-hydrogen) atoms. The summed E-state index contributed by atoms with van der Waals surface area (Å²) in [7, 11) is 1.71. The van der Waals surface area contributed by atoms with Gasteiger partial charge in [0.1, 0.15) is 5.75 Å². The molecule has 1 aromatic carbocycles. The molecule has 0 bridgehead atoms. The van der Waals surface area contributed by atoms with E-state index in [1.807, 2.05) is 6.07 Å². The highest BCUT2D eigenvalue weighted by Gasteiger charge is 2.27. The van der Waals surface area contributed by atoms with Crippen molar-refractivity contribution in [2.24, 2.45) is 0 Å². The van der Waals surface area contributed by atoms with E-state index in [0.717, 1.165) is 31.7 Å². The Morgan fingerprint density at radius 1 is 1.47 bits per heavy atom. The minimum absolute atomic E-state index is 0.299. The van der Waals surface area contributed by atoms with Gasteiger partial charge >= 0.3 is 0 Å². The molecule has 0 aliphatic carbocycles. The van der Waals surface area contributed by atoms with Crippen LogP contribution >= 0.6 is 0 Å². The molecule has 2 unspecified atom stereocenters. The largest absolute Gasteiger partial charge is 0.497 e. The maximum absolute atomic E-state index is 5.88. The predicted octanol–water partition coefficient (Wildman–Crippen LogP) is 3.22. The topological polar surface area (TPSA) is 30.5 Å². The maximum Gasteiger partial charge on any atom is 0.119 e. The molecule has 1 fully saturated rings. The maximum atomic E-state index is 5.88. The molecule has 1 aromatic rings. The summed E-state index contributed by atoms with van der Waals surface area (Å²) in [6.07, 6.45) is 3.76. The number of aryl methyl sites for hydroxylation is 1. The number of hydrogen-bond donors (Lipinski definition) is 1. The molecule has 2 rings (SSSR count). The molecular formula is C16H25NO2. The summed E-state index contributed by atoms with van der Waals surface area (Å²) < 4.78 is 11.2. The summed E-state index contributed by atoms with van der Waals surface area (Å²) in [4.78, 5) is 0. The van der Waals surface area contributed by atoms with Gasteiger partial charge in [0.2, 0.25) is 0 Å². The van der Waals surface area contributed by atoms with E-state index in [1.54, 1.807) is 7.11 Å². The number of methoxy groups -OCH3 is 1. The van der Waals surface area contributed by atoms with E-state index in [9.17, 15) is 0 Å². The van der Waals surface area contributed by atoms with Crippen LogP contribution in [0.2, 0.25) is 0 Å². The highest BCUT2D eigenvalue weighted by Crippen LogP contribution is 2.30. The molecule has 2 atom stereocenters. The lowest BCUT2D eigenvalue weighted by atomic mass is 9.95. The molecule has 3 heteroatoms. The summed E-state index contributed by atoms with van der Waals surface area (Å²) in [6.45, 7) is 6.26. The number of hydrogen-bond acceptors (Lipinski definition) is 3.